The lowest BCUT2D eigenvalue weighted by Gasteiger charge is -2.14. The van der Waals surface area contributed by atoms with Crippen LogP contribution in [-0.4, -0.2) is 17.1 Å². The second-order valence-corrected chi connectivity index (χ2v) is 6.16. The van der Waals surface area contributed by atoms with Crippen molar-refractivity contribution in [3.63, 3.8) is 0 Å². The number of hydrogen-bond donors (Lipinski definition) is 1. The smallest absolute Gasteiger partial charge is 0.222 e. The molecule has 0 amide bonds. The van der Waals surface area contributed by atoms with Gasteiger partial charge in [0.25, 0.3) is 0 Å². The highest BCUT2D eigenvalue weighted by molar-refractivity contribution is 5.93. The van der Waals surface area contributed by atoms with Crippen molar-refractivity contribution in [3.8, 4) is 28.3 Å². The highest BCUT2D eigenvalue weighted by Gasteiger charge is 2.17. The maximum atomic E-state index is 14.8. The first-order chi connectivity index (χ1) is 13.2. The highest BCUT2D eigenvalue weighted by atomic mass is 19.1. The van der Waals surface area contributed by atoms with Gasteiger partial charge in [-0.3, -0.25) is 0 Å². The SMILES string of the molecule is COc1nccc2nc(-c3ccc(CN)cc3F)c(-c3ccccc3)cc12. The van der Waals surface area contributed by atoms with Crippen LogP contribution >= 0.6 is 0 Å². The topological polar surface area (TPSA) is 61.0 Å². The van der Waals surface area contributed by atoms with Crippen LogP contribution in [0.25, 0.3) is 33.3 Å². The Balaban J connectivity index is 2.04. The van der Waals surface area contributed by atoms with Crippen LogP contribution in [0.3, 0.4) is 0 Å². The fourth-order valence-electron chi connectivity index (χ4n) is 3.15. The van der Waals surface area contributed by atoms with Crippen molar-refractivity contribution in [1.82, 2.24) is 9.97 Å². The number of rotatable bonds is 4. The number of nitrogens with zero attached hydrogens (tertiary/aromatic N) is 2. The van der Waals surface area contributed by atoms with Crippen molar-refractivity contribution in [3.05, 3.63) is 78.2 Å². The number of halogens is 1. The van der Waals surface area contributed by atoms with Crippen molar-refractivity contribution in [1.29, 1.82) is 0 Å². The Morgan fingerprint density at radius 2 is 1.81 bits per heavy atom. The van der Waals surface area contributed by atoms with Gasteiger partial charge in [0.05, 0.1) is 23.7 Å². The van der Waals surface area contributed by atoms with Gasteiger partial charge in [-0.15, -0.1) is 0 Å². The Kier molecular flexibility index (Phi) is 4.52. The molecule has 4 nitrogen and oxygen atoms in total. The lowest BCUT2D eigenvalue weighted by molar-refractivity contribution is 0.403. The normalized spacial score (nSPS) is 10.9. The van der Waals surface area contributed by atoms with E-state index >= 15 is 0 Å². The van der Waals surface area contributed by atoms with E-state index < -0.39 is 0 Å². The number of ether oxygens (including phenoxy) is 1. The van der Waals surface area contributed by atoms with Crippen molar-refractivity contribution in [2.45, 2.75) is 6.54 Å². The van der Waals surface area contributed by atoms with E-state index in [1.807, 2.05) is 42.5 Å². The third-order valence-electron chi connectivity index (χ3n) is 4.51. The molecule has 0 fully saturated rings. The average molecular weight is 359 g/mol. The Morgan fingerprint density at radius 1 is 1.00 bits per heavy atom. The Labute approximate surface area is 156 Å². The molecule has 4 aromatic rings. The summed E-state index contributed by atoms with van der Waals surface area (Å²) in [5.41, 5.74) is 9.82. The molecule has 0 saturated carbocycles. The van der Waals surface area contributed by atoms with Gasteiger partial charge in [0.15, 0.2) is 0 Å². The molecular weight excluding hydrogens is 341 g/mol. The molecule has 2 aromatic carbocycles. The number of benzene rings is 2. The summed E-state index contributed by atoms with van der Waals surface area (Å²) in [6, 6.07) is 18.5. The van der Waals surface area contributed by atoms with Gasteiger partial charge < -0.3 is 10.5 Å². The molecular formula is C22H18FN3O. The number of hydrogen-bond acceptors (Lipinski definition) is 4. The molecule has 2 N–H and O–H groups in total. The zero-order chi connectivity index (χ0) is 18.8. The first-order valence-corrected chi connectivity index (χ1v) is 8.59. The molecule has 0 aliphatic rings. The zero-order valence-electron chi connectivity index (χ0n) is 14.8. The van der Waals surface area contributed by atoms with E-state index in [1.54, 1.807) is 25.4 Å². The van der Waals surface area contributed by atoms with Crippen molar-refractivity contribution in [2.24, 2.45) is 5.73 Å². The standard InChI is InChI=1S/C22H18FN3O/c1-27-22-18-12-17(15-5-3-2-4-6-15)21(26-20(18)9-10-25-22)16-8-7-14(13-24)11-19(16)23/h2-12H,13,24H2,1H3. The minimum atomic E-state index is -0.344. The Hall–Kier alpha value is -3.31. The summed E-state index contributed by atoms with van der Waals surface area (Å²) >= 11 is 0. The van der Waals surface area contributed by atoms with Crippen LogP contribution in [0.1, 0.15) is 5.56 Å². The molecule has 0 aliphatic heterocycles. The summed E-state index contributed by atoms with van der Waals surface area (Å²) < 4.78 is 20.2. The van der Waals surface area contributed by atoms with E-state index in [-0.39, 0.29) is 12.4 Å². The first kappa shape index (κ1) is 17.1. The van der Waals surface area contributed by atoms with Gasteiger partial charge in [0.1, 0.15) is 5.82 Å². The summed E-state index contributed by atoms with van der Waals surface area (Å²) in [5.74, 6) is 0.144. The monoisotopic (exact) mass is 359 g/mol. The Bertz CT molecular complexity index is 1110. The fraction of sp³-hybridized carbons (Fsp3) is 0.0909. The lowest BCUT2D eigenvalue weighted by atomic mass is 9.96. The van der Waals surface area contributed by atoms with E-state index in [0.717, 1.165) is 22.1 Å². The zero-order valence-corrected chi connectivity index (χ0v) is 14.8. The van der Waals surface area contributed by atoms with Crippen LogP contribution in [0.5, 0.6) is 5.88 Å². The summed E-state index contributed by atoms with van der Waals surface area (Å²) in [7, 11) is 1.57. The molecule has 0 unspecified atom stereocenters. The Morgan fingerprint density at radius 3 is 2.52 bits per heavy atom. The van der Waals surface area contributed by atoms with E-state index in [2.05, 4.69) is 4.98 Å². The minimum Gasteiger partial charge on any atom is -0.481 e. The maximum absolute atomic E-state index is 14.8. The van der Waals surface area contributed by atoms with E-state index in [1.165, 1.54) is 6.07 Å². The highest BCUT2D eigenvalue weighted by Crippen LogP contribution is 2.36. The van der Waals surface area contributed by atoms with Gasteiger partial charge in [0, 0.05) is 23.9 Å². The largest absolute Gasteiger partial charge is 0.481 e. The van der Waals surface area contributed by atoms with Crippen LogP contribution < -0.4 is 10.5 Å². The summed E-state index contributed by atoms with van der Waals surface area (Å²) in [4.78, 5) is 9.01. The number of nitrogens with two attached hydrogens (primary N) is 1. The molecule has 0 atom stereocenters. The number of pyridine rings is 2. The first-order valence-electron chi connectivity index (χ1n) is 8.59. The number of aromatic nitrogens is 2. The summed E-state index contributed by atoms with van der Waals surface area (Å²) in [6.45, 7) is 0.288. The van der Waals surface area contributed by atoms with Crippen LogP contribution in [0, 0.1) is 5.82 Å². The van der Waals surface area contributed by atoms with Crippen molar-refractivity contribution >= 4 is 10.9 Å². The molecule has 4 rings (SSSR count). The van der Waals surface area contributed by atoms with Gasteiger partial charge >= 0.3 is 0 Å². The van der Waals surface area contributed by atoms with E-state index in [0.29, 0.717) is 22.7 Å². The fourth-order valence-corrected chi connectivity index (χ4v) is 3.15. The molecule has 0 aliphatic carbocycles. The molecule has 0 radical (unpaired) electrons. The van der Waals surface area contributed by atoms with E-state index in [4.69, 9.17) is 15.5 Å². The van der Waals surface area contributed by atoms with Crippen molar-refractivity contribution < 1.29 is 9.13 Å². The lowest BCUT2D eigenvalue weighted by Crippen LogP contribution is -1.99. The van der Waals surface area contributed by atoms with Crippen LogP contribution in [0.2, 0.25) is 0 Å². The van der Waals surface area contributed by atoms with Crippen LogP contribution in [0.4, 0.5) is 4.39 Å². The van der Waals surface area contributed by atoms with Crippen molar-refractivity contribution in [2.75, 3.05) is 7.11 Å². The summed E-state index contributed by atoms with van der Waals surface area (Å²) in [5, 5.41) is 0.779. The van der Waals surface area contributed by atoms with Gasteiger partial charge in [-0.05, 0) is 35.4 Å². The molecule has 134 valence electrons. The predicted molar refractivity (Wildman–Crippen MR) is 105 cm³/mol. The molecule has 0 saturated heterocycles. The molecule has 0 spiro atoms. The van der Waals surface area contributed by atoms with Crippen LogP contribution in [-0.2, 0) is 6.54 Å². The number of fused-ring (bicyclic) bond motifs is 1. The predicted octanol–water partition coefficient (Wildman–Crippen LogP) is 4.57. The van der Waals surface area contributed by atoms with Gasteiger partial charge in [-0.25, -0.2) is 14.4 Å². The van der Waals surface area contributed by atoms with E-state index in [9.17, 15) is 4.39 Å². The quantitative estimate of drug-likeness (QED) is 0.580. The molecule has 27 heavy (non-hydrogen) atoms. The third-order valence-corrected chi connectivity index (χ3v) is 4.51. The second kappa shape index (κ2) is 7.13. The third kappa shape index (κ3) is 3.13. The van der Waals surface area contributed by atoms with Gasteiger partial charge in [-0.2, -0.15) is 0 Å². The molecule has 0 bridgehead atoms. The maximum Gasteiger partial charge on any atom is 0.222 e. The minimum absolute atomic E-state index is 0.288. The average Bonchev–Trinajstić information content (AvgIpc) is 2.72. The second-order valence-electron chi connectivity index (χ2n) is 6.16. The molecule has 2 aromatic heterocycles. The molecule has 2 heterocycles. The number of methoxy groups -OCH3 is 1. The van der Waals surface area contributed by atoms with Gasteiger partial charge in [-0.1, -0.05) is 36.4 Å². The van der Waals surface area contributed by atoms with Crippen LogP contribution in [0.15, 0.2) is 66.9 Å². The summed E-state index contributed by atoms with van der Waals surface area (Å²) in [6.07, 6.45) is 1.63. The molecule has 5 heteroatoms. The van der Waals surface area contributed by atoms with Gasteiger partial charge in [0.2, 0.25) is 5.88 Å².